The van der Waals surface area contributed by atoms with Gasteiger partial charge < -0.3 is 4.74 Å². The topological polar surface area (TPSA) is 29.5 Å². The van der Waals surface area contributed by atoms with E-state index in [0.29, 0.717) is 19.7 Å². The molecular weight excluding hydrogens is 322 g/mol. The minimum absolute atomic E-state index is 0.155. The van der Waals surface area contributed by atoms with Crippen LogP contribution in [-0.4, -0.2) is 30.6 Å². The summed E-state index contributed by atoms with van der Waals surface area (Å²) >= 11 is 6.15. The standard InChI is InChI=1S/C20H20ClNO2/c1-2-24-20(23)18(21)17-13-22(14-17)19(15-9-5-3-6-10-15)16-11-7-4-8-12-16/h3-12,19H,2,13-14H2,1H3. The number of carbonyl (C=O) groups excluding carboxylic acids is 1. The first kappa shape index (κ1) is 16.7. The number of likely N-dealkylation sites (tertiary alicyclic amines) is 1. The van der Waals surface area contributed by atoms with Crippen LogP contribution in [0.2, 0.25) is 0 Å². The van der Waals surface area contributed by atoms with Gasteiger partial charge in [-0.2, -0.15) is 0 Å². The summed E-state index contributed by atoms with van der Waals surface area (Å²) < 4.78 is 4.98. The lowest BCUT2D eigenvalue weighted by Gasteiger charge is -2.41. The minimum Gasteiger partial charge on any atom is -0.462 e. The maximum atomic E-state index is 11.8. The number of benzene rings is 2. The largest absolute Gasteiger partial charge is 0.462 e. The van der Waals surface area contributed by atoms with Crippen molar-refractivity contribution in [2.75, 3.05) is 19.7 Å². The van der Waals surface area contributed by atoms with Gasteiger partial charge in [-0.3, -0.25) is 4.90 Å². The van der Waals surface area contributed by atoms with E-state index < -0.39 is 5.97 Å². The molecule has 0 N–H and O–H groups in total. The summed E-state index contributed by atoms with van der Waals surface area (Å²) in [5, 5.41) is 0.230. The van der Waals surface area contributed by atoms with Crippen LogP contribution in [0.4, 0.5) is 0 Å². The third-order valence-corrected chi connectivity index (χ3v) is 4.57. The van der Waals surface area contributed by atoms with Crippen LogP contribution in [0.5, 0.6) is 0 Å². The van der Waals surface area contributed by atoms with Gasteiger partial charge >= 0.3 is 5.97 Å². The highest BCUT2D eigenvalue weighted by molar-refractivity contribution is 6.41. The van der Waals surface area contributed by atoms with Gasteiger partial charge in [0.1, 0.15) is 5.03 Å². The highest BCUT2D eigenvalue weighted by Gasteiger charge is 2.33. The Labute approximate surface area is 147 Å². The van der Waals surface area contributed by atoms with Crippen LogP contribution in [0, 0.1) is 0 Å². The van der Waals surface area contributed by atoms with E-state index in [1.165, 1.54) is 11.1 Å². The quantitative estimate of drug-likeness (QED) is 0.604. The molecule has 0 bridgehead atoms. The van der Waals surface area contributed by atoms with E-state index in [9.17, 15) is 4.79 Å². The molecule has 1 aliphatic rings. The number of carbonyl (C=O) groups is 1. The normalized spacial score (nSPS) is 14.4. The number of ether oxygens (including phenoxy) is 1. The second-order valence-corrected chi connectivity index (χ2v) is 6.14. The molecule has 0 unspecified atom stereocenters. The Hall–Kier alpha value is -2.10. The fourth-order valence-electron chi connectivity index (χ4n) is 2.99. The van der Waals surface area contributed by atoms with Crippen LogP contribution >= 0.6 is 11.6 Å². The van der Waals surface area contributed by atoms with E-state index >= 15 is 0 Å². The van der Waals surface area contributed by atoms with E-state index in [-0.39, 0.29) is 11.1 Å². The second kappa shape index (κ2) is 7.65. The second-order valence-electron chi connectivity index (χ2n) is 5.77. The number of hydrogen-bond acceptors (Lipinski definition) is 3. The van der Waals surface area contributed by atoms with Crippen molar-refractivity contribution in [2.24, 2.45) is 0 Å². The third kappa shape index (κ3) is 3.53. The van der Waals surface area contributed by atoms with E-state index in [2.05, 4.69) is 29.2 Å². The number of hydrogen-bond donors (Lipinski definition) is 0. The first-order valence-electron chi connectivity index (χ1n) is 8.09. The third-order valence-electron chi connectivity index (χ3n) is 4.15. The zero-order valence-electron chi connectivity index (χ0n) is 13.6. The minimum atomic E-state index is -0.426. The lowest BCUT2D eigenvalue weighted by atomic mass is 9.93. The van der Waals surface area contributed by atoms with Crippen LogP contribution in [-0.2, 0) is 9.53 Å². The van der Waals surface area contributed by atoms with Crippen molar-refractivity contribution in [1.29, 1.82) is 0 Å². The van der Waals surface area contributed by atoms with Gasteiger partial charge in [-0.05, 0) is 23.6 Å². The first-order chi connectivity index (χ1) is 11.7. The van der Waals surface area contributed by atoms with E-state index in [4.69, 9.17) is 16.3 Å². The van der Waals surface area contributed by atoms with Crippen molar-refractivity contribution in [3.8, 4) is 0 Å². The van der Waals surface area contributed by atoms with Gasteiger partial charge in [-0.15, -0.1) is 0 Å². The van der Waals surface area contributed by atoms with Gasteiger partial charge in [-0.1, -0.05) is 72.3 Å². The predicted octanol–water partition coefficient (Wildman–Crippen LogP) is 4.15. The Morgan fingerprint density at radius 3 is 2.00 bits per heavy atom. The first-order valence-corrected chi connectivity index (χ1v) is 8.47. The lowest BCUT2D eigenvalue weighted by molar-refractivity contribution is -0.137. The van der Waals surface area contributed by atoms with Gasteiger partial charge in [0.2, 0.25) is 0 Å². The van der Waals surface area contributed by atoms with Crippen LogP contribution in [0.25, 0.3) is 0 Å². The van der Waals surface area contributed by atoms with Crippen LogP contribution in [0.3, 0.4) is 0 Å². The molecule has 3 rings (SSSR count). The summed E-state index contributed by atoms with van der Waals surface area (Å²) in [6, 6.07) is 20.9. The zero-order valence-corrected chi connectivity index (χ0v) is 14.4. The molecule has 4 heteroatoms. The maximum absolute atomic E-state index is 11.8. The van der Waals surface area contributed by atoms with Crippen molar-refractivity contribution in [2.45, 2.75) is 13.0 Å². The highest BCUT2D eigenvalue weighted by Crippen LogP contribution is 2.35. The van der Waals surface area contributed by atoms with Crippen LogP contribution in [0.15, 0.2) is 71.3 Å². The fraction of sp³-hybridized carbons (Fsp3) is 0.250. The number of nitrogens with zero attached hydrogens (tertiary/aromatic N) is 1. The highest BCUT2D eigenvalue weighted by atomic mass is 35.5. The molecule has 24 heavy (non-hydrogen) atoms. The monoisotopic (exact) mass is 341 g/mol. The molecular formula is C20H20ClNO2. The molecule has 0 amide bonds. The van der Waals surface area contributed by atoms with Gasteiger partial charge in [0.15, 0.2) is 0 Å². The molecule has 0 atom stereocenters. The molecule has 2 aromatic rings. The van der Waals surface area contributed by atoms with Crippen molar-refractivity contribution >= 4 is 17.6 Å². The average Bonchev–Trinajstić information content (AvgIpc) is 2.59. The molecule has 124 valence electrons. The van der Waals surface area contributed by atoms with Crippen molar-refractivity contribution in [1.82, 2.24) is 4.90 Å². The SMILES string of the molecule is CCOC(=O)C(Cl)=C1CN(C(c2ccccc2)c2ccccc2)C1. The van der Waals surface area contributed by atoms with Crippen LogP contribution in [0.1, 0.15) is 24.1 Å². The van der Waals surface area contributed by atoms with Crippen molar-refractivity contribution in [3.63, 3.8) is 0 Å². The van der Waals surface area contributed by atoms with E-state index in [1.54, 1.807) is 6.92 Å². The molecule has 0 saturated carbocycles. The fourth-order valence-corrected chi connectivity index (χ4v) is 3.16. The summed E-state index contributed by atoms with van der Waals surface area (Å²) in [7, 11) is 0. The molecule has 1 saturated heterocycles. The van der Waals surface area contributed by atoms with Crippen molar-refractivity contribution < 1.29 is 9.53 Å². The summed E-state index contributed by atoms with van der Waals surface area (Å²) in [4.78, 5) is 14.1. The Morgan fingerprint density at radius 2 is 1.54 bits per heavy atom. The van der Waals surface area contributed by atoms with Crippen LogP contribution < -0.4 is 0 Å². The molecule has 1 aliphatic heterocycles. The predicted molar refractivity (Wildman–Crippen MR) is 95.8 cm³/mol. The molecule has 2 aromatic carbocycles. The molecule has 3 nitrogen and oxygen atoms in total. The van der Waals surface area contributed by atoms with Gasteiger partial charge in [0.25, 0.3) is 0 Å². The molecule has 1 fully saturated rings. The number of esters is 1. The molecule has 1 heterocycles. The molecule has 0 radical (unpaired) electrons. The molecule has 0 aromatic heterocycles. The summed E-state index contributed by atoms with van der Waals surface area (Å²) in [5.41, 5.74) is 3.40. The maximum Gasteiger partial charge on any atom is 0.349 e. The Bertz CT molecular complexity index is 680. The van der Waals surface area contributed by atoms with Gasteiger partial charge in [0.05, 0.1) is 12.6 Å². The van der Waals surface area contributed by atoms with Gasteiger partial charge in [0, 0.05) is 13.1 Å². The summed E-state index contributed by atoms with van der Waals surface area (Å²) in [6.07, 6.45) is 0. The molecule has 0 aliphatic carbocycles. The smallest absolute Gasteiger partial charge is 0.349 e. The average molecular weight is 342 g/mol. The lowest BCUT2D eigenvalue weighted by Crippen LogP contribution is -2.44. The van der Waals surface area contributed by atoms with E-state index in [0.717, 1.165) is 5.57 Å². The Morgan fingerprint density at radius 1 is 1.04 bits per heavy atom. The number of halogens is 1. The zero-order chi connectivity index (χ0) is 16.9. The van der Waals surface area contributed by atoms with E-state index in [1.807, 2.05) is 36.4 Å². The Balaban J connectivity index is 1.83. The molecule has 0 spiro atoms. The Kier molecular flexibility index (Phi) is 5.34. The van der Waals surface area contributed by atoms with Gasteiger partial charge in [-0.25, -0.2) is 4.79 Å². The van der Waals surface area contributed by atoms with Crippen molar-refractivity contribution in [3.05, 3.63) is 82.4 Å². The summed E-state index contributed by atoms with van der Waals surface area (Å²) in [6.45, 7) is 3.46. The summed E-state index contributed by atoms with van der Waals surface area (Å²) in [5.74, 6) is -0.426. The number of rotatable bonds is 5.